The minimum absolute atomic E-state index is 0.144. The summed E-state index contributed by atoms with van der Waals surface area (Å²) in [6.07, 6.45) is 0. The molecule has 8 nitrogen and oxygen atoms in total. The number of aliphatic hydroxyl groups is 1. The van der Waals surface area contributed by atoms with Gasteiger partial charge in [-0.05, 0) is 12.1 Å². The van der Waals surface area contributed by atoms with Gasteiger partial charge in [-0.2, -0.15) is 0 Å². The third-order valence-electron chi connectivity index (χ3n) is 2.64. The van der Waals surface area contributed by atoms with Gasteiger partial charge >= 0.3 is 6.03 Å². The van der Waals surface area contributed by atoms with Gasteiger partial charge in [0.25, 0.3) is 0 Å². The van der Waals surface area contributed by atoms with Crippen LogP contribution in [-0.4, -0.2) is 50.0 Å². The number of carbonyl (C=O) groups is 2. The molecule has 1 aliphatic heterocycles. The Balaban J connectivity index is 1.81. The van der Waals surface area contributed by atoms with Crippen LogP contribution in [-0.2, 0) is 4.79 Å². The Labute approximate surface area is 121 Å². The number of aliphatic hydroxyl groups excluding tert-OH is 1. The monoisotopic (exact) mass is 295 g/mol. The Kier molecular flexibility index (Phi) is 5.22. The molecule has 1 aliphatic rings. The zero-order valence-electron chi connectivity index (χ0n) is 11.3. The molecular weight excluding hydrogens is 278 g/mol. The molecule has 0 radical (unpaired) electrons. The highest BCUT2D eigenvalue weighted by Crippen LogP contribution is 2.32. The van der Waals surface area contributed by atoms with Gasteiger partial charge in [0, 0.05) is 18.3 Å². The van der Waals surface area contributed by atoms with Gasteiger partial charge in [-0.1, -0.05) is 0 Å². The zero-order valence-corrected chi connectivity index (χ0v) is 11.3. The van der Waals surface area contributed by atoms with Crippen molar-refractivity contribution in [2.45, 2.75) is 0 Å². The first-order valence-corrected chi connectivity index (χ1v) is 6.51. The standard InChI is InChI=1S/C13H17N3O5/c17-4-3-14-12(18)8-15-13(19)16-9-1-2-10-11(7-9)21-6-5-20-10/h1-2,7,17H,3-6,8H2,(H,14,18)(H2,15,16,19). The Morgan fingerprint density at radius 2 is 1.90 bits per heavy atom. The summed E-state index contributed by atoms with van der Waals surface area (Å²) < 4.78 is 10.8. The van der Waals surface area contributed by atoms with Crippen molar-refractivity contribution in [1.82, 2.24) is 10.6 Å². The van der Waals surface area contributed by atoms with Gasteiger partial charge in [-0.15, -0.1) is 0 Å². The molecular formula is C13H17N3O5. The lowest BCUT2D eigenvalue weighted by molar-refractivity contribution is -0.120. The molecule has 1 aromatic rings. The molecule has 0 aliphatic carbocycles. The first-order valence-electron chi connectivity index (χ1n) is 6.51. The second-order valence-corrected chi connectivity index (χ2v) is 4.24. The Bertz CT molecular complexity index is 521. The van der Waals surface area contributed by atoms with Crippen LogP contribution >= 0.6 is 0 Å². The molecule has 0 unspecified atom stereocenters. The van der Waals surface area contributed by atoms with E-state index in [2.05, 4.69) is 16.0 Å². The number of ether oxygens (including phenoxy) is 2. The molecule has 0 fully saturated rings. The number of amides is 3. The minimum Gasteiger partial charge on any atom is -0.486 e. The van der Waals surface area contributed by atoms with Crippen molar-refractivity contribution in [3.05, 3.63) is 18.2 Å². The largest absolute Gasteiger partial charge is 0.486 e. The number of benzene rings is 1. The van der Waals surface area contributed by atoms with E-state index < -0.39 is 6.03 Å². The van der Waals surface area contributed by atoms with E-state index in [9.17, 15) is 9.59 Å². The summed E-state index contributed by atoms with van der Waals surface area (Å²) in [7, 11) is 0. The lowest BCUT2D eigenvalue weighted by Gasteiger charge is -2.19. The van der Waals surface area contributed by atoms with Crippen LogP contribution in [0.1, 0.15) is 0 Å². The van der Waals surface area contributed by atoms with Crippen molar-refractivity contribution in [3.8, 4) is 11.5 Å². The fraction of sp³-hybridized carbons (Fsp3) is 0.385. The fourth-order valence-electron chi connectivity index (χ4n) is 1.71. The van der Waals surface area contributed by atoms with Crippen molar-refractivity contribution in [3.63, 3.8) is 0 Å². The van der Waals surface area contributed by atoms with Crippen molar-refractivity contribution < 1.29 is 24.2 Å². The van der Waals surface area contributed by atoms with E-state index >= 15 is 0 Å². The minimum atomic E-state index is -0.508. The average molecular weight is 295 g/mol. The summed E-state index contributed by atoms with van der Waals surface area (Å²) in [5.74, 6) is 0.830. The highest BCUT2D eigenvalue weighted by molar-refractivity contribution is 5.92. The third kappa shape index (κ3) is 4.53. The van der Waals surface area contributed by atoms with Gasteiger partial charge in [0.05, 0.1) is 13.2 Å². The molecule has 0 spiro atoms. The molecule has 0 saturated heterocycles. The molecule has 8 heteroatoms. The number of hydrogen-bond acceptors (Lipinski definition) is 5. The SMILES string of the molecule is O=C(CNC(=O)Nc1ccc2c(c1)OCCO2)NCCO. The zero-order chi connectivity index (χ0) is 15.1. The van der Waals surface area contributed by atoms with Gasteiger partial charge < -0.3 is 30.5 Å². The molecule has 114 valence electrons. The first kappa shape index (κ1) is 14.9. The number of nitrogens with one attached hydrogen (secondary N) is 3. The maximum Gasteiger partial charge on any atom is 0.319 e. The molecule has 4 N–H and O–H groups in total. The summed E-state index contributed by atoms with van der Waals surface area (Å²) in [5, 5.41) is 16.0. The molecule has 1 aromatic carbocycles. The Hall–Kier alpha value is -2.48. The van der Waals surface area contributed by atoms with E-state index in [1.165, 1.54) is 0 Å². The smallest absolute Gasteiger partial charge is 0.319 e. The highest BCUT2D eigenvalue weighted by Gasteiger charge is 2.12. The van der Waals surface area contributed by atoms with Gasteiger partial charge in [0.15, 0.2) is 11.5 Å². The quantitative estimate of drug-likeness (QED) is 0.596. The molecule has 1 heterocycles. The van der Waals surface area contributed by atoms with Crippen LogP contribution in [0, 0.1) is 0 Å². The van der Waals surface area contributed by atoms with Crippen LogP contribution in [0.25, 0.3) is 0 Å². The number of anilines is 1. The van der Waals surface area contributed by atoms with Crippen molar-refractivity contribution >= 4 is 17.6 Å². The Morgan fingerprint density at radius 3 is 2.67 bits per heavy atom. The highest BCUT2D eigenvalue weighted by atomic mass is 16.6. The number of carbonyl (C=O) groups excluding carboxylic acids is 2. The summed E-state index contributed by atoms with van der Waals surface area (Å²) in [6.45, 7) is 0.812. The van der Waals surface area contributed by atoms with Crippen molar-refractivity contribution in [2.24, 2.45) is 0 Å². The van der Waals surface area contributed by atoms with E-state index in [0.29, 0.717) is 30.4 Å². The Morgan fingerprint density at radius 1 is 1.14 bits per heavy atom. The fourth-order valence-corrected chi connectivity index (χ4v) is 1.71. The summed E-state index contributed by atoms with van der Waals surface area (Å²) in [6, 6.07) is 4.53. The number of hydrogen-bond donors (Lipinski definition) is 4. The molecule has 0 bridgehead atoms. The van der Waals surface area contributed by atoms with Crippen LogP contribution in [0.15, 0.2) is 18.2 Å². The molecule has 0 saturated carbocycles. The van der Waals surface area contributed by atoms with Crippen LogP contribution in [0.5, 0.6) is 11.5 Å². The van der Waals surface area contributed by atoms with Gasteiger partial charge in [-0.25, -0.2) is 4.79 Å². The summed E-state index contributed by atoms with van der Waals surface area (Å²) >= 11 is 0. The predicted octanol–water partition coefficient (Wildman–Crippen LogP) is -0.312. The second-order valence-electron chi connectivity index (χ2n) is 4.24. The van der Waals surface area contributed by atoms with Crippen molar-refractivity contribution in [1.29, 1.82) is 0 Å². The van der Waals surface area contributed by atoms with E-state index in [0.717, 1.165) is 0 Å². The molecule has 3 amide bonds. The summed E-state index contributed by atoms with van der Waals surface area (Å²) in [4.78, 5) is 22.9. The molecule has 0 aromatic heterocycles. The van der Waals surface area contributed by atoms with Gasteiger partial charge in [-0.3, -0.25) is 4.79 Å². The maximum absolute atomic E-state index is 11.6. The van der Waals surface area contributed by atoms with Gasteiger partial charge in [0.1, 0.15) is 13.2 Å². The van der Waals surface area contributed by atoms with Crippen LogP contribution < -0.4 is 25.4 Å². The number of urea groups is 1. The lowest BCUT2D eigenvalue weighted by Crippen LogP contribution is -2.39. The third-order valence-corrected chi connectivity index (χ3v) is 2.64. The average Bonchev–Trinajstić information content (AvgIpc) is 2.50. The number of fused-ring (bicyclic) bond motifs is 1. The van der Waals surface area contributed by atoms with Gasteiger partial charge in [0.2, 0.25) is 5.91 Å². The molecule has 0 atom stereocenters. The van der Waals surface area contributed by atoms with E-state index in [1.807, 2.05) is 0 Å². The van der Waals surface area contributed by atoms with Crippen LogP contribution in [0.3, 0.4) is 0 Å². The molecule has 21 heavy (non-hydrogen) atoms. The molecule has 2 rings (SSSR count). The van der Waals surface area contributed by atoms with Crippen molar-refractivity contribution in [2.75, 3.05) is 38.2 Å². The van der Waals surface area contributed by atoms with E-state index in [-0.39, 0.29) is 25.6 Å². The maximum atomic E-state index is 11.6. The normalized spacial score (nSPS) is 12.4. The van der Waals surface area contributed by atoms with Crippen LogP contribution in [0.2, 0.25) is 0 Å². The predicted molar refractivity (Wildman–Crippen MR) is 74.5 cm³/mol. The van der Waals surface area contributed by atoms with Crippen LogP contribution in [0.4, 0.5) is 10.5 Å². The lowest BCUT2D eigenvalue weighted by atomic mass is 10.2. The summed E-state index contributed by atoms with van der Waals surface area (Å²) in [5.41, 5.74) is 0.535. The number of rotatable bonds is 5. The first-order chi connectivity index (χ1) is 10.2. The topological polar surface area (TPSA) is 109 Å². The second kappa shape index (κ2) is 7.34. The van der Waals surface area contributed by atoms with E-state index in [1.54, 1.807) is 18.2 Å². The van der Waals surface area contributed by atoms with E-state index in [4.69, 9.17) is 14.6 Å².